The summed E-state index contributed by atoms with van der Waals surface area (Å²) < 4.78 is 30.1. The van der Waals surface area contributed by atoms with Crippen LogP contribution in [0.25, 0.3) is 10.4 Å². The minimum absolute atomic E-state index is 0.173. The summed E-state index contributed by atoms with van der Waals surface area (Å²) in [6.07, 6.45) is 0. The van der Waals surface area contributed by atoms with Gasteiger partial charge in [0.1, 0.15) is 0 Å². The van der Waals surface area contributed by atoms with E-state index in [1.54, 1.807) is 49.4 Å². The van der Waals surface area contributed by atoms with Gasteiger partial charge < -0.3 is 10.1 Å². The van der Waals surface area contributed by atoms with E-state index in [2.05, 4.69) is 5.32 Å². The predicted octanol–water partition coefficient (Wildman–Crippen LogP) is 4.78. The molecule has 0 aliphatic carbocycles. The van der Waals surface area contributed by atoms with Crippen molar-refractivity contribution in [2.24, 2.45) is 0 Å². The number of hydrogen-bond acceptors (Lipinski definition) is 6. The van der Waals surface area contributed by atoms with E-state index >= 15 is 0 Å². The van der Waals surface area contributed by atoms with E-state index in [-0.39, 0.29) is 23.2 Å². The van der Waals surface area contributed by atoms with Crippen molar-refractivity contribution in [3.63, 3.8) is 0 Å². The molecule has 0 bridgehead atoms. The van der Waals surface area contributed by atoms with Crippen LogP contribution >= 0.6 is 22.9 Å². The van der Waals surface area contributed by atoms with Crippen molar-refractivity contribution in [2.75, 3.05) is 11.9 Å². The molecule has 9 heteroatoms. The number of anilines is 1. The number of hydrogen-bond donors (Lipinski definition) is 1. The highest BCUT2D eigenvalue weighted by Crippen LogP contribution is 2.43. The van der Waals surface area contributed by atoms with E-state index in [0.29, 0.717) is 32.3 Å². The maximum absolute atomic E-state index is 12.7. The van der Waals surface area contributed by atoms with Crippen LogP contribution in [0.1, 0.15) is 32.5 Å². The average Bonchev–Trinajstić information content (AvgIpc) is 3.12. The Balaban J connectivity index is 1.59. The van der Waals surface area contributed by atoms with Crippen molar-refractivity contribution in [3.05, 3.63) is 69.6 Å². The largest absolute Gasteiger partial charge is 0.462 e. The van der Waals surface area contributed by atoms with Gasteiger partial charge in [0.2, 0.25) is 0 Å². The van der Waals surface area contributed by atoms with E-state index in [1.165, 1.54) is 17.4 Å². The lowest BCUT2D eigenvalue weighted by molar-refractivity contribution is 0.0526. The van der Waals surface area contributed by atoms with Crippen LogP contribution in [-0.2, 0) is 20.3 Å². The molecule has 0 saturated heterocycles. The molecule has 2 heterocycles. The van der Waals surface area contributed by atoms with Crippen molar-refractivity contribution >= 4 is 50.3 Å². The van der Waals surface area contributed by atoms with Crippen molar-refractivity contribution in [2.45, 2.75) is 17.6 Å². The van der Waals surface area contributed by atoms with Crippen LogP contribution in [0.5, 0.6) is 0 Å². The Labute approximate surface area is 182 Å². The van der Waals surface area contributed by atoms with Gasteiger partial charge in [0.05, 0.1) is 27.7 Å². The molecule has 1 amide bonds. The molecule has 3 aromatic rings. The molecular weight excluding hydrogens is 446 g/mol. The van der Waals surface area contributed by atoms with Crippen LogP contribution < -0.4 is 5.32 Å². The highest BCUT2D eigenvalue weighted by Gasteiger charge is 2.31. The number of nitrogens with one attached hydrogen (secondary N) is 1. The SMILES string of the molecule is CCOC(=O)c1ccc(NC(=O)c2cc3c(s2)-c2ccc(Cl)cc2S(=O)(=O)C3)cc1. The van der Waals surface area contributed by atoms with Crippen LogP contribution in [0.3, 0.4) is 0 Å². The zero-order valence-electron chi connectivity index (χ0n) is 15.8. The first kappa shape index (κ1) is 20.6. The second-order valence-corrected chi connectivity index (χ2v) is 10.1. The van der Waals surface area contributed by atoms with Gasteiger partial charge in [0.25, 0.3) is 5.91 Å². The van der Waals surface area contributed by atoms with E-state index in [4.69, 9.17) is 16.3 Å². The minimum atomic E-state index is -3.52. The maximum atomic E-state index is 12.7. The minimum Gasteiger partial charge on any atom is -0.462 e. The summed E-state index contributed by atoms with van der Waals surface area (Å²) in [5.74, 6) is -0.958. The summed E-state index contributed by atoms with van der Waals surface area (Å²) >= 11 is 7.20. The monoisotopic (exact) mass is 461 g/mol. The number of carbonyl (C=O) groups excluding carboxylic acids is 2. The van der Waals surface area contributed by atoms with Crippen molar-refractivity contribution in [1.82, 2.24) is 0 Å². The van der Waals surface area contributed by atoms with Crippen molar-refractivity contribution < 1.29 is 22.7 Å². The van der Waals surface area contributed by atoms with E-state index < -0.39 is 15.8 Å². The summed E-state index contributed by atoms with van der Waals surface area (Å²) in [6, 6.07) is 12.7. The smallest absolute Gasteiger partial charge is 0.338 e. The van der Waals surface area contributed by atoms with Crippen LogP contribution in [-0.4, -0.2) is 26.9 Å². The maximum Gasteiger partial charge on any atom is 0.338 e. The molecule has 0 radical (unpaired) electrons. The molecular formula is C21H16ClNO5S2. The third-order valence-corrected chi connectivity index (χ3v) is 7.70. The van der Waals surface area contributed by atoms with Gasteiger partial charge in [0, 0.05) is 21.2 Å². The van der Waals surface area contributed by atoms with Crippen molar-refractivity contribution in [1.29, 1.82) is 0 Å². The molecule has 1 aromatic heterocycles. The van der Waals surface area contributed by atoms with Crippen molar-refractivity contribution in [3.8, 4) is 10.4 Å². The molecule has 0 fully saturated rings. The first-order chi connectivity index (χ1) is 14.3. The fourth-order valence-corrected chi connectivity index (χ4v) is 6.31. The summed E-state index contributed by atoms with van der Waals surface area (Å²) in [5.41, 5.74) is 2.06. The Morgan fingerprint density at radius 2 is 1.87 bits per heavy atom. The summed E-state index contributed by atoms with van der Waals surface area (Å²) in [4.78, 5) is 25.8. The predicted molar refractivity (Wildman–Crippen MR) is 116 cm³/mol. The number of sulfone groups is 1. The fraction of sp³-hybridized carbons (Fsp3) is 0.143. The Morgan fingerprint density at radius 1 is 1.13 bits per heavy atom. The number of benzene rings is 2. The average molecular weight is 462 g/mol. The normalized spacial score (nSPS) is 13.8. The number of halogens is 1. The number of rotatable bonds is 4. The molecule has 6 nitrogen and oxygen atoms in total. The number of amides is 1. The molecule has 30 heavy (non-hydrogen) atoms. The summed E-state index contributed by atoms with van der Waals surface area (Å²) in [7, 11) is -3.52. The molecule has 154 valence electrons. The molecule has 0 saturated carbocycles. The number of fused-ring (bicyclic) bond motifs is 3. The molecule has 0 spiro atoms. The number of ether oxygens (including phenoxy) is 1. The molecule has 0 atom stereocenters. The zero-order chi connectivity index (χ0) is 21.5. The van der Waals surface area contributed by atoms with Crippen LogP contribution in [0, 0.1) is 0 Å². The van der Waals surface area contributed by atoms with Gasteiger partial charge in [-0.25, -0.2) is 13.2 Å². The highest BCUT2D eigenvalue weighted by molar-refractivity contribution is 7.91. The first-order valence-corrected chi connectivity index (χ1v) is 11.9. The molecule has 1 N–H and O–H groups in total. The van der Waals surface area contributed by atoms with Gasteiger partial charge in [-0.15, -0.1) is 11.3 Å². The summed E-state index contributed by atoms with van der Waals surface area (Å²) in [6.45, 7) is 2.01. The van der Waals surface area contributed by atoms with Gasteiger partial charge >= 0.3 is 5.97 Å². The lowest BCUT2D eigenvalue weighted by Gasteiger charge is -2.16. The Morgan fingerprint density at radius 3 is 2.57 bits per heavy atom. The topological polar surface area (TPSA) is 89.5 Å². The molecule has 2 aromatic carbocycles. The zero-order valence-corrected chi connectivity index (χ0v) is 18.2. The second kappa shape index (κ2) is 7.86. The Bertz CT molecular complexity index is 1260. The van der Waals surface area contributed by atoms with Gasteiger partial charge in [-0.2, -0.15) is 0 Å². The second-order valence-electron chi connectivity index (χ2n) is 6.62. The van der Waals surface area contributed by atoms with Crippen LogP contribution in [0.15, 0.2) is 53.4 Å². The van der Waals surface area contributed by atoms with Crippen LogP contribution in [0.2, 0.25) is 5.02 Å². The first-order valence-electron chi connectivity index (χ1n) is 9.02. The third-order valence-electron chi connectivity index (χ3n) is 4.56. The van der Waals surface area contributed by atoms with E-state index in [1.807, 2.05) is 0 Å². The molecule has 4 rings (SSSR count). The lowest BCUT2D eigenvalue weighted by atomic mass is 10.1. The van der Waals surface area contributed by atoms with E-state index in [0.717, 1.165) is 4.88 Å². The van der Waals surface area contributed by atoms with Crippen LogP contribution in [0.4, 0.5) is 5.69 Å². The van der Waals surface area contributed by atoms with Gasteiger partial charge in [-0.05, 0) is 55.0 Å². The van der Waals surface area contributed by atoms with Gasteiger partial charge in [-0.1, -0.05) is 17.7 Å². The number of carbonyl (C=O) groups is 2. The van der Waals surface area contributed by atoms with Gasteiger partial charge in [-0.3, -0.25) is 4.79 Å². The molecule has 1 aliphatic heterocycles. The highest BCUT2D eigenvalue weighted by atomic mass is 35.5. The quantitative estimate of drug-likeness (QED) is 0.564. The third kappa shape index (κ3) is 3.86. The number of esters is 1. The lowest BCUT2D eigenvalue weighted by Crippen LogP contribution is -2.11. The van der Waals surface area contributed by atoms with Gasteiger partial charge in [0.15, 0.2) is 9.84 Å². The molecule has 0 unspecified atom stereocenters. The number of thiophene rings is 1. The standard InChI is InChI=1S/C21H16ClNO5S2/c1-2-28-21(25)12-3-6-15(7-4-12)23-20(24)17-9-13-11-30(26,27)18-10-14(22)5-8-16(18)19(13)29-17/h3-10H,2,11H2,1H3,(H,23,24). The Kier molecular flexibility index (Phi) is 5.40. The Hall–Kier alpha value is -2.68. The van der Waals surface area contributed by atoms with E-state index in [9.17, 15) is 18.0 Å². The summed E-state index contributed by atoms with van der Waals surface area (Å²) in [5, 5.41) is 3.12. The molecule has 1 aliphatic rings. The fourth-order valence-electron chi connectivity index (χ4n) is 3.20.